The summed E-state index contributed by atoms with van der Waals surface area (Å²) >= 11 is 0. The molecule has 0 aliphatic heterocycles. The van der Waals surface area contributed by atoms with Crippen molar-refractivity contribution in [2.24, 2.45) is 5.92 Å². The minimum atomic E-state index is 0.409. The highest BCUT2D eigenvalue weighted by Gasteiger charge is 2.19. The van der Waals surface area contributed by atoms with Crippen LogP contribution in [0.15, 0.2) is 0 Å². The van der Waals surface area contributed by atoms with Crippen LogP contribution in [0.1, 0.15) is 46.5 Å². The molecule has 1 fully saturated rings. The minimum Gasteiger partial charge on any atom is -0.378 e. The Labute approximate surface area is 88.4 Å². The van der Waals surface area contributed by atoms with E-state index in [1.54, 1.807) is 0 Å². The molecule has 1 aliphatic carbocycles. The molecule has 1 unspecified atom stereocenters. The molecule has 0 spiro atoms. The van der Waals surface area contributed by atoms with E-state index in [4.69, 9.17) is 4.74 Å². The second-order valence-electron chi connectivity index (χ2n) is 4.76. The van der Waals surface area contributed by atoms with Gasteiger partial charge >= 0.3 is 0 Å². The molecule has 0 bridgehead atoms. The van der Waals surface area contributed by atoms with E-state index in [1.807, 2.05) is 0 Å². The second-order valence-corrected chi connectivity index (χ2v) is 4.76. The molecule has 0 amide bonds. The third kappa shape index (κ3) is 5.61. The highest BCUT2D eigenvalue weighted by atomic mass is 16.5. The zero-order valence-electron chi connectivity index (χ0n) is 9.88. The fourth-order valence-corrected chi connectivity index (χ4v) is 1.28. The lowest BCUT2D eigenvalue weighted by Crippen LogP contribution is -2.19. The third-order valence-corrected chi connectivity index (χ3v) is 2.90. The quantitative estimate of drug-likeness (QED) is 0.607. The van der Waals surface area contributed by atoms with Crippen LogP contribution < -0.4 is 5.32 Å². The van der Waals surface area contributed by atoms with Crippen LogP contribution in [0.25, 0.3) is 0 Å². The molecule has 0 aromatic heterocycles. The van der Waals surface area contributed by atoms with Gasteiger partial charge in [0.15, 0.2) is 0 Å². The molecule has 0 radical (unpaired) electrons. The van der Waals surface area contributed by atoms with E-state index in [1.165, 1.54) is 32.2 Å². The van der Waals surface area contributed by atoms with Gasteiger partial charge in [-0.1, -0.05) is 13.8 Å². The first-order chi connectivity index (χ1) is 6.70. The van der Waals surface area contributed by atoms with Crippen LogP contribution in [0.2, 0.25) is 0 Å². The number of rotatable bonds is 8. The van der Waals surface area contributed by atoms with Gasteiger partial charge in [-0.25, -0.2) is 0 Å². The highest BCUT2D eigenvalue weighted by molar-refractivity contribution is 4.80. The van der Waals surface area contributed by atoms with Crippen LogP contribution in [0.5, 0.6) is 0 Å². The van der Waals surface area contributed by atoms with Gasteiger partial charge in [0.1, 0.15) is 0 Å². The maximum atomic E-state index is 5.70. The highest BCUT2D eigenvalue weighted by Crippen LogP contribution is 2.18. The SMILES string of the molecule is CC(C)C(C)OCCCCNC1CC1. The fourth-order valence-electron chi connectivity index (χ4n) is 1.28. The van der Waals surface area contributed by atoms with Gasteiger partial charge in [0, 0.05) is 12.6 Å². The van der Waals surface area contributed by atoms with E-state index >= 15 is 0 Å². The molecule has 2 nitrogen and oxygen atoms in total. The lowest BCUT2D eigenvalue weighted by atomic mass is 10.1. The summed E-state index contributed by atoms with van der Waals surface area (Å²) in [5.74, 6) is 0.639. The van der Waals surface area contributed by atoms with Gasteiger partial charge in [-0.3, -0.25) is 0 Å². The van der Waals surface area contributed by atoms with Crippen molar-refractivity contribution in [1.29, 1.82) is 0 Å². The summed E-state index contributed by atoms with van der Waals surface area (Å²) in [4.78, 5) is 0. The molecule has 1 atom stereocenters. The van der Waals surface area contributed by atoms with Crippen LogP contribution in [0, 0.1) is 5.92 Å². The van der Waals surface area contributed by atoms with Crippen LogP contribution in [0.3, 0.4) is 0 Å². The molecule has 0 aromatic carbocycles. The van der Waals surface area contributed by atoms with Crippen LogP contribution >= 0.6 is 0 Å². The first-order valence-electron chi connectivity index (χ1n) is 6.05. The molecule has 1 aliphatic rings. The van der Waals surface area contributed by atoms with Crippen LogP contribution in [0.4, 0.5) is 0 Å². The molecule has 2 heteroatoms. The molecular weight excluding hydrogens is 174 g/mol. The largest absolute Gasteiger partial charge is 0.378 e. The third-order valence-electron chi connectivity index (χ3n) is 2.90. The number of ether oxygens (including phenoxy) is 1. The molecule has 14 heavy (non-hydrogen) atoms. The maximum absolute atomic E-state index is 5.70. The Hall–Kier alpha value is -0.0800. The Morgan fingerprint density at radius 3 is 2.50 bits per heavy atom. The predicted octanol–water partition coefficient (Wildman–Crippen LogP) is 2.58. The van der Waals surface area contributed by atoms with E-state index in [-0.39, 0.29) is 0 Å². The summed E-state index contributed by atoms with van der Waals surface area (Å²) < 4.78 is 5.70. The molecule has 84 valence electrons. The Kier molecular flexibility index (Phi) is 5.49. The number of nitrogens with one attached hydrogen (secondary N) is 1. The number of unbranched alkanes of at least 4 members (excludes halogenated alkanes) is 1. The summed E-state index contributed by atoms with van der Waals surface area (Å²) in [7, 11) is 0. The smallest absolute Gasteiger partial charge is 0.0569 e. The predicted molar refractivity (Wildman–Crippen MR) is 60.5 cm³/mol. The topological polar surface area (TPSA) is 21.3 Å². The van der Waals surface area contributed by atoms with Crippen molar-refractivity contribution in [3.8, 4) is 0 Å². The summed E-state index contributed by atoms with van der Waals surface area (Å²) in [6, 6.07) is 0.852. The van der Waals surface area contributed by atoms with Crippen molar-refractivity contribution in [2.75, 3.05) is 13.2 Å². The number of hydrogen-bond acceptors (Lipinski definition) is 2. The Morgan fingerprint density at radius 1 is 1.21 bits per heavy atom. The summed E-state index contributed by atoms with van der Waals surface area (Å²) in [6.07, 6.45) is 5.63. The van der Waals surface area contributed by atoms with E-state index in [0.29, 0.717) is 12.0 Å². The van der Waals surface area contributed by atoms with Gasteiger partial charge in [0.25, 0.3) is 0 Å². The fraction of sp³-hybridized carbons (Fsp3) is 1.00. The van der Waals surface area contributed by atoms with Crippen LogP contribution in [-0.2, 0) is 4.74 Å². The zero-order chi connectivity index (χ0) is 10.4. The van der Waals surface area contributed by atoms with Crippen molar-refractivity contribution >= 4 is 0 Å². The standard InChI is InChI=1S/C12H25NO/c1-10(2)11(3)14-9-5-4-8-13-12-6-7-12/h10-13H,4-9H2,1-3H3. The van der Waals surface area contributed by atoms with Gasteiger partial charge in [-0.15, -0.1) is 0 Å². The molecule has 1 rings (SSSR count). The molecule has 0 saturated heterocycles. The van der Waals surface area contributed by atoms with E-state index in [2.05, 4.69) is 26.1 Å². The summed E-state index contributed by atoms with van der Waals surface area (Å²) in [5, 5.41) is 3.51. The lowest BCUT2D eigenvalue weighted by Gasteiger charge is -2.16. The molecule has 1 saturated carbocycles. The molecule has 0 aromatic rings. The van der Waals surface area contributed by atoms with Gasteiger partial charge in [0.2, 0.25) is 0 Å². The van der Waals surface area contributed by atoms with Crippen molar-refractivity contribution in [3.63, 3.8) is 0 Å². The summed E-state index contributed by atoms with van der Waals surface area (Å²) in [6.45, 7) is 8.67. The summed E-state index contributed by atoms with van der Waals surface area (Å²) in [5.41, 5.74) is 0. The van der Waals surface area contributed by atoms with Crippen LogP contribution in [-0.4, -0.2) is 25.3 Å². The van der Waals surface area contributed by atoms with Gasteiger partial charge in [0.05, 0.1) is 6.10 Å². The van der Waals surface area contributed by atoms with Crippen molar-refractivity contribution in [1.82, 2.24) is 5.32 Å². The van der Waals surface area contributed by atoms with Crippen molar-refractivity contribution in [2.45, 2.75) is 58.6 Å². The first-order valence-corrected chi connectivity index (χ1v) is 6.05. The normalized spacial score (nSPS) is 18.9. The van der Waals surface area contributed by atoms with Gasteiger partial charge in [-0.2, -0.15) is 0 Å². The van der Waals surface area contributed by atoms with Gasteiger partial charge < -0.3 is 10.1 Å². The Balaban J connectivity index is 1.78. The molecule has 0 heterocycles. The monoisotopic (exact) mass is 199 g/mol. The maximum Gasteiger partial charge on any atom is 0.0569 e. The molecule has 1 N–H and O–H groups in total. The zero-order valence-corrected chi connectivity index (χ0v) is 9.88. The van der Waals surface area contributed by atoms with Crippen molar-refractivity contribution < 1.29 is 4.74 Å². The van der Waals surface area contributed by atoms with E-state index < -0.39 is 0 Å². The molecular formula is C12H25NO. The lowest BCUT2D eigenvalue weighted by molar-refractivity contribution is 0.0334. The second kappa shape index (κ2) is 6.41. The minimum absolute atomic E-state index is 0.409. The van der Waals surface area contributed by atoms with E-state index in [9.17, 15) is 0 Å². The van der Waals surface area contributed by atoms with Crippen molar-refractivity contribution in [3.05, 3.63) is 0 Å². The Bertz CT molecular complexity index is 143. The first kappa shape index (κ1) is 12.0. The average molecular weight is 199 g/mol. The van der Waals surface area contributed by atoms with Gasteiger partial charge in [-0.05, 0) is 45.1 Å². The Morgan fingerprint density at radius 2 is 1.93 bits per heavy atom. The average Bonchev–Trinajstić information content (AvgIpc) is 2.94. The number of hydrogen-bond donors (Lipinski definition) is 1. The van der Waals surface area contributed by atoms with E-state index in [0.717, 1.165) is 12.6 Å².